The Morgan fingerprint density at radius 3 is 3.00 bits per heavy atom. The maximum atomic E-state index is 12.6. The fourth-order valence-corrected chi connectivity index (χ4v) is 3.99. The lowest BCUT2D eigenvalue weighted by molar-refractivity contribution is -0.133. The van der Waals surface area contributed by atoms with Crippen LogP contribution in [-0.4, -0.2) is 43.2 Å². The highest BCUT2D eigenvalue weighted by atomic mass is 16.2. The van der Waals surface area contributed by atoms with E-state index in [9.17, 15) is 9.59 Å². The number of carbonyl (C=O) groups excluding carboxylic acids is 1. The summed E-state index contributed by atoms with van der Waals surface area (Å²) in [7, 11) is 0. The van der Waals surface area contributed by atoms with Gasteiger partial charge in [0.05, 0.1) is 6.20 Å². The highest BCUT2D eigenvalue weighted by molar-refractivity contribution is 5.76. The number of amides is 1. The molecule has 0 bridgehead atoms. The van der Waals surface area contributed by atoms with Gasteiger partial charge in [-0.2, -0.15) is 10.1 Å². The van der Waals surface area contributed by atoms with Gasteiger partial charge in [-0.15, -0.1) is 0 Å². The van der Waals surface area contributed by atoms with Gasteiger partial charge in [0.2, 0.25) is 5.91 Å². The van der Waals surface area contributed by atoms with Gasteiger partial charge < -0.3 is 9.47 Å². The molecule has 132 valence electrons. The van der Waals surface area contributed by atoms with E-state index in [1.165, 1.54) is 0 Å². The zero-order chi connectivity index (χ0) is 17.4. The molecule has 2 aliphatic rings. The molecule has 0 aromatic carbocycles. The SMILES string of the molecule is Cc1cnn(CC(=O)N2CCC[C@H](c3cc(=O)nc4n3CCC4)C2)c1. The molecule has 1 atom stereocenters. The Labute approximate surface area is 146 Å². The smallest absolute Gasteiger partial charge is 0.273 e. The van der Waals surface area contributed by atoms with Crippen molar-refractivity contribution in [2.24, 2.45) is 0 Å². The summed E-state index contributed by atoms with van der Waals surface area (Å²) in [4.78, 5) is 30.6. The Morgan fingerprint density at radius 1 is 1.32 bits per heavy atom. The minimum atomic E-state index is -0.154. The first kappa shape index (κ1) is 16.1. The number of hydrogen-bond donors (Lipinski definition) is 0. The third-order valence-electron chi connectivity index (χ3n) is 5.17. The van der Waals surface area contributed by atoms with Crippen molar-refractivity contribution >= 4 is 5.91 Å². The molecule has 1 saturated heterocycles. The van der Waals surface area contributed by atoms with Crippen LogP contribution in [0.15, 0.2) is 23.3 Å². The van der Waals surface area contributed by atoms with Crippen LogP contribution >= 0.6 is 0 Å². The number of piperidine rings is 1. The molecule has 0 N–H and O–H groups in total. The van der Waals surface area contributed by atoms with Crippen LogP contribution < -0.4 is 5.56 Å². The molecule has 0 spiro atoms. The Morgan fingerprint density at radius 2 is 2.20 bits per heavy atom. The van der Waals surface area contributed by atoms with E-state index >= 15 is 0 Å². The van der Waals surface area contributed by atoms with E-state index in [0.717, 1.165) is 55.9 Å². The molecule has 2 aromatic heterocycles. The molecule has 2 aliphatic heterocycles. The van der Waals surface area contributed by atoms with Crippen molar-refractivity contribution in [1.29, 1.82) is 0 Å². The van der Waals surface area contributed by atoms with Crippen molar-refractivity contribution in [1.82, 2.24) is 24.2 Å². The fraction of sp³-hybridized carbons (Fsp3) is 0.556. The molecule has 2 aromatic rings. The Bertz CT molecular complexity index is 853. The number of carbonyl (C=O) groups is 1. The number of aryl methyl sites for hydroxylation is 2. The maximum absolute atomic E-state index is 12.6. The molecule has 4 heterocycles. The molecule has 7 nitrogen and oxygen atoms in total. The molecule has 1 amide bonds. The van der Waals surface area contributed by atoms with Crippen LogP contribution in [0.5, 0.6) is 0 Å². The van der Waals surface area contributed by atoms with Crippen molar-refractivity contribution in [3.05, 3.63) is 45.9 Å². The lowest BCUT2D eigenvalue weighted by Gasteiger charge is -2.34. The molecule has 0 aliphatic carbocycles. The van der Waals surface area contributed by atoms with Gasteiger partial charge in [-0.3, -0.25) is 14.3 Å². The summed E-state index contributed by atoms with van der Waals surface area (Å²) < 4.78 is 3.88. The standard InChI is InChI=1S/C18H23N5O2/c1-13-9-19-22(10-13)12-18(25)21-6-2-4-14(11-21)15-8-17(24)20-16-5-3-7-23(15)16/h8-10,14H,2-7,11-12H2,1H3/t14-/m0/s1. The summed E-state index contributed by atoms with van der Waals surface area (Å²) >= 11 is 0. The maximum Gasteiger partial charge on any atom is 0.273 e. The predicted molar refractivity (Wildman–Crippen MR) is 92.3 cm³/mol. The quantitative estimate of drug-likeness (QED) is 0.838. The molecule has 0 saturated carbocycles. The minimum Gasteiger partial charge on any atom is -0.340 e. The molecule has 4 rings (SSSR count). The minimum absolute atomic E-state index is 0.0887. The number of likely N-dealkylation sites (tertiary alicyclic amines) is 1. The molecule has 25 heavy (non-hydrogen) atoms. The van der Waals surface area contributed by atoms with Gasteiger partial charge in [0.1, 0.15) is 12.4 Å². The van der Waals surface area contributed by atoms with Crippen LogP contribution in [0, 0.1) is 6.92 Å². The summed E-state index contributed by atoms with van der Waals surface area (Å²) in [6.07, 6.45) is 7.52. The van der Waals surface area contributed by atoms with E-state index in [-0.39, 0.29) is 23.9 Å². The lowest BCUT2D eigenvalue weighted by Crippen LogP contribution is -2.41. The summed E-state index contributed by atoms with van der Waals surface area (Å²) in [6, 6.07) is 1.67. The second-order valence-corrected chi connectivity index (χ2v) is 7.08. The summed E-state index contributed by atoms with van der Waals surface area (Å²) in [6.45, 7) is 4.61. The van der Waals surface area contributed by atoms with Crippen molar-refractivity contribution in [3.63, 3.8) is 0 Å². The van der Waals surface area contributed by atoms with Crippen LogP contribution in [0.3, 0.4) is 0 Å². The Balaban J connectivity index is 1.52. The zero-order valence-electron chi connectivity index (χ0n) is 14.5. The monoisotopic (exact) mass is 341 g/mol. The van der Waals surface area contributed by atoms with Crippen LogP contribution in [0.2, 0.25) is 0 Å². The second-order valence-electron chi connectivity index (χ2n) is 7.08. The van der Waals surface area contributed by atoms with Crippen molar-refractivity contribution < 1.29 is 4.79 Å². The highest BCUT2D eigenvalue weighted by Crippen LogP contribution is 2.28. The van der Waals surface area contributed by atoms with Gasteiger partial charge in [0.25, 0.3) is 5.56 Å². The molecular weight excluding hydrogens is 318 g/mol. The van der Waals surface area contributed by atoms with Crippen LogP contribution in [0.4, 0.5) is 0 Å². The number of nitrogens with zero attached hydrogens (tertiary/aromatic N) is 5. The third-order valence-corrected chi connectivity index (χ3v) is 5.17. The third kappa shape index (κ3) is 3.23. The van der Waals surface area contributed by atoms with Crippen LogP contribution in [0.1, 0.15) is 42.3 Å². The summed E-state index contributed by atoms with van der Waals surface area (Å²) in [5, 5.41) is 4.20. The van der Waals surface area contributed by atoms with E-state index in [1.54, 1.807) is 16.9 Å². The molecule has 0 unspecified atom stereocenters. The van der Waals surface area contributed by atoms with Gasteiger partial charge >= 0.3 is 0 Å². The van der Waals surface area contributed by atoms with Crippen molar-refractivity contribution in [3.8, 4) is 0 Å². The first-order chi connectivity index (χ1) is 12.1. The molecule has 0 radical (unpaired) electrons. The van der Waals surface area contributed by atoms with Crippen LogP contribution in [0.25, 0.3) is 0 Å². The average Bonchev–Trinajstić information content (AvgIpc) is 3.23. The summed E-state index contributed by atoms with van der Waals surface area (Å²) in [5.74, 6) is 1.20. The normalized spacial score (nSPS) is 19.9. The molecule has 1 fully saturated rings. The summed E-state index contributed by atoms with van der Waals surface area (Å²) in [5.41, 5.74) is 1.95. The first-order valence-electron chi connectivity index (χ1n) is 8.97. The first-order valence-corrected chi connectivity index (χ1v) is 8.97. The lowest BCUT2D eigenvalue weighted by atomic mass is 9.94. The average molecular weight is 341 g/mol. The molecule has 7 heteroatoms. The zero-order valence-corrected chi connectivity index (χ0v) is 14.5. The highest BCUT2D eigenvalue weighted by Gasteiger charge is 2.28. The van der Waals surface area contributed by atoms with E-state index in [1.807, 2.05) is 18.0 Å². The van der Waals surface area contributed by atoms with Gasteiger partial charge in [0, 0.05) is 49.9 Å². The van der Waals surface area contributed by atoms with E-state index in [0.29, 0.717) is 6.54 Å². The van der Waals surface area contributed by atoms with Gasteiger partial charge in [-0.25, -0.2) is 0 Å². The van der Waals surface area contributed by atoms with Gasteiger partial charge in [-0.05, 0) is 31.7 Å². The van der Waals surface area contributed by atoms with E-state index in [2.05, 4.69) is 14.6 Å². The number of hydrogen-bond acceptors (Lipinski definition) is 4. The van der Waals surface area contributed by atoms with Crippen molar-refractivity contribution in [2.45, 2.75) is 51.6 Å². The Kier molecular flexibility index (Phi) is 4.15. The van der Waals surface area contributed by atoms with Gasteiger partial charge in [-0.1, -0.05) is 0 Å². The fourth-order valence-electron chi connectivity index (χ4n) is 3.99. The second kappa shape index (κ2) is 6.46. The molecular formula is C18H23N5O2. The van der Waals surface area contributed by atoms with Gasteiger partial charge in [0.15, 0.2) is 0 Å². The van der Waals surface area contributed by atoms with Crippen molar-refractivity contribution in [2.75, 3.05) is 13.1 Å². The van der Waals surface area contributed by atoms with E-state index in [4.69, 9.17) is 0 Å². The van der Waals surface area contributed by atoms with Crippen LogP contribution in [-0.2, 0) is 24.3 Å². The Hall–Kier alpha value is -2.44. The number of fused-ring (bicyclic) bond motifs is 1. The largest absolute Gasteiger partial charge is 0.340 e. The number of rotatable bonds is 3. The topological polar surface area (TPSA) is 73.0 Å². The van der Waals surface area contributed by atoms with E-state index < -0.39 is 0 Å². The predicted octanol–water partition coefficient (Wildman–Crippen LogP) is 1.10. The number of aromatic nitrogens is 4.